The van der Waals surface area contributed by atoms with Gasteiger partial charge in [-0.2, -0.15) is 0 Å². The van der Waals surface area contributed by atoms with Gasteiger partial charge in [-0.05, 0) is 43.2 Å². The van der Waals surface area contributed by atoms with Gasteiger partial charge in [-0.1, -0.05) is 6.07 Å². The SMILES string of the molecule is Cn1[nH]cc1C[C@H]1CCc2cccnc2C1. The van der Waals surface area contributed by atoms with Crippen molar-refractivity contribution in [2.45, 2.75) is 25.7 Å². The topological polar surface area (TPSA) is 33.6 Å². The number of aromatic nitrogens is 3. The molecule has 2 aromatic heterocycles. The Labute approximate surface area is 95.5 Å². The Balaban J connectivity index is 1.72. The molecule has 0 bridgehead atoms. The number of aromatic amines is 1. The van der Waals surface area contributed by atoms with Crippen molar-refractivity contribution in [1.29, 1.82) is 0 Å². The number of nitrogens with one attached hydrogen (secondary N) is 1. The summed E-state index contributed by atoms with van der Waals surface area (Å²) in [6.07, 6.45) is 8.83. The number of aryl methyl sites for hydroxylation is 2. The standard InChI is InChI=1S/C13H17N3/c1-16-12(9-15-16)7-10-4-5-11-3-2-6-14-13(11)8-10/h2-3,6,9-10,15H,4-5,7-8H2,1H3/t10-/m1/s1. The van der Waals surface area contributed by atoms with Crippen LogP contribution >= 0.6 is 0 Å². The van der Waals surface area contributed by atoms with Crippen molar-refractivity contribution in [3.05, 3.63) is 41.5 Å². The molecule has 1 N–H and O–H groups in total. The van der Waals surface area contributed by atoms with E-state index in [1.165, 1.54) is 36.2 Å². The molecule has 0 amide bonds. The van der Waals surface area contributed by atoms with E-state index in [0.717, 1.165) is 12.3 Å². The lowest BCUT2D eigenvalue weighted by atomic mass is 9.84. The number of pyridine rings is 1. The van der Waals surface area contributed by atoms with Crippen LogP contribution in [0.3, 0.4) is 0 Å². The van der Waals surface area contributed by atoms with Crippen LogP contribution in [-0.4, -0.2) is 14.8 Å². The zero-order valence-corrected chi connectivity index (χ0v) is 9.61. The van der Waals surface area contributed by atoms with Crippen molar-refractivity contribution in [3.63, 3.8) is 0 Å². The van der Waals surface area contributed by atoms with Gasteiger partial charge in [0.2, 0.25) is 0 Å². The molecule has 0 unspecified atom stereocenters. The molecule has 1 aliphatic carbocycles. The third-order valence-corrected chi connectivity index (χ3v) is 3.64. The maximum Gasteiger partial charge on any atom is 0.0520 e. The molecule has 16 heavy (non-hydrogen) atoms. The first-order valence-electron chi connectivity index (χ1n) is 5.94. The van der Waals surface area contributed by atoms with E-state index in [0.29, 0.717) is 0 Å². The quantitative estimate of drug-likeness (QED) is 0.817. The van der Waals surface area contributed by atoms with Gasteiger partial charge in [0.1, 0.15) is 0 Å². The van der Waals surface area contributed by atoms with Gasteiger partial charge < -0.3 is 5.10 Å². The summed E-state index contributed by atoms with van der Waals surface area (Å²) in [7, 11) is 2.07. The predicted molar refractivity (Wildman–Crippen MR) is 63.2 cm³/mol. The predicted octanol–water partition coefficient (Wildman–Crippen LogP) is 2.10. The highest BCUT2D eigenvalue weighted by Crippen LogP contribution is 2.26. The Bertz CT molecular complexity index is 481. The Morgan fingerprint density at radius 2 is 2.50 bits per heavy atom. The third kappa shape index (κ3) is 1.66. The van der Waals surface area contributed by atoms with Crippen molar-refractivity contribution in [2.75, 3.05) is 0 Å². The fourth-order valence-electron chi connectivity index (χ4n) is 2.57. The van der Waals surface area contributed by atoms with Gasteiger partial charge >= 0.3 is 0 Å². The normalized spacial score (nSPS) is 19.7. The number of H-pyrrole nitrogens is 1. The Kier molecular flexibility index (Phi) is 2.31. The largest absolute Gasteiger partial charge is 0.304 e. The lowest BCUT2D eigenvalue weighted by Gasteiger charge is -2.25. The highest BCUT2D eigenvalue weighted by atomic mass is 15.3. The molecule has 84 valence electrons. The smallest absolute Gasteiger partial charge is 0.0520 e. The van der Waals surface area contributed by atoms with Crippen LogP contribution in [0, 0.1) is 5.92 Å². The number of hydrogen-bond acceptors (Lipinski definition) is 1. The van der Waals surface area contributed by atoms with Crippen molar-refractivity contribution in [3.8, 4) is 0 Å². The Morgan fingerprint density at radius 1 is 1.56 bits per heavy atom. The molecule has 3 nitrogen and oxygen atoms in total. The molecule has 0 saturated heterocycles. The maximum atomic E-state index is 4.49. The molecule has 0 saturated carbocycles. The Morgan fingerprint density at radius 3 is 3.25 bits per heavy atom. The summed E-state index contributed by atoms with van der Waals surface area (Å²) in [5.74, 6) is 0.762. The van der Waals surface area contributed by atoms with Crippen LogP contribution in [0.1, 0.15) is 23.4 Å². The fraction of sp³-hybridized carbons (Fsp3) is 0.462. The van der Waals surface area contributed by atoms with E-state index in [4.69, 9.17) is 0 Å². The fourth-order valence-corrected chi connectivity index (χ4v) is 2.57. The molecule has 1 aliphatic rings. The lowest BCUT2D eigenvalue weighted by Crippen LogP contribution is -2.21. The van der Waals surface area contributed by atoms with E-state index in [2.05, 4.69) is 34.1 Å². The molecule has 0 spiro atoms. The summed E-state index contributed by atoms with van der Waals surface area (Å²) >= 11 is 0. The number of fused-ring (bicyclic) bond motifs is 1. The molecule has 0 radical (unpaired) electrons. The van der Waals surface area contributed by atoms with E-state index in [1.54, 1.807) is 0 Å². The maximum absolute atomic E-state index is 4.49. The zero-order valence-electron chi connectivity index (χ0n) is 9.61. The zero-order chi connectivity index (χ0) is 11.0. The molecular formula is C13H17N3. The van der Waals surface area contributed by atoms with E-state index < -0.39 is 0 Å². The highest BCUT2D eigenvalue weighted by Gasteiger charge is 2.20. The number of rotatable bonds is 2. The first-order valence-corrected chi connectivity index (χ1v) is 5.94. The second kappa shape index (κ2) is 3.81. The lowest BCUT2D eigenvalue weighted by molar-refractivity contribution is 0.424. The van der Waals surface area contributed by atoms with Crippen LogP contribution in [0.4, 0.5) is 0 Å². The van der Waals surface area contributed by atoms with Crippen molar-refractivity contribution in [1.82, 2.24) is 14.8 Å². The summed E-state index contributed by atoms with van der Waals surface area (Å²) < 4.78 is 2.11. The molecule has 0 aliphatic heterocycles. The highest BCUT2D eigenvalue weighted by molar-refractivity contribution is 5.23. The van der Waals surface area contributed by atoms with Crippen LogP contribution in [0.15, 0.2) is 24.5 Å². The molecule has 2 aromatic rings. The monoisotopic (exact) mass is 215 g/mol. The van der Waals surface area contributed by atoms with E-state index in [1.807, 2.05) is 12.3 Å². The molecule has 3 heteroatoms. The average Bonchev–Trinajstić information content (AvgIpc) is 2.34. The molecule has 1 atom stereocenters. The third-order valence-electron chi connectivity index (χ3n) is 3.64. The van der Waals surface area contributed by atoms with Gasteiger partial charge in [0.15, 0.2) is 0 Å². The van der Waals surface area contributed by atoms with Crippen molar-refractivity contribution < 1.29 is 0 Å². The summed E-state index contributed by atoms with van der Waals surface area (Å²) in [5.41, 5.74) is 4.19. The summed E-state index contributed by atoms with van der Waals surface area (Å²) in [5, 5.41) is 3.12. The van der Waals surface area contributed by atoms with E-state index in [-0.39, 0.29) is 0 Å². The molecule has 0 aromatic carbocycles. The van der Waals surface area contributed by atoms with Crippen LogP contribution in [-0.2, 0) is 26.3 Å². The summed E-state index contributed by atoms with van der Waals surface area (Å²) in [4.78, 5) is 4.49. The molecular weight excluding hydrogens is 198 g/mol. The van der Waals surface area contributed by atoms with Crippen molar-refractivity contribution >= 4 is 0 Å². The molecule has 0 fully saturated rings. The number of hydrogen-bond donors (Lipinski definition) is 1. The van der Waals surface area contributed by atoms with Crippen LogP contribution in [0.2, 0.25) is 0 Å². The van der Waals surface area contributed by atoms with Gasteiger partial charge in [0.25, 0.3) is 0 Å². The van der Waals surface area contributed by atoms with Gasteiger partial charge in [0.05, 0.1) is 5.69 Å². The van der Waals surface area contributed by atoms with E-state index in [9.17, 15) is 0 Å². The minimum Gasteiger partial charge on any atom is -0.304 e. The van der Waals surface area contributed by atoms with Gasteiger partial charge in [-0.25, -0.2) is 0 Å². The minimum atomic E-state index is 0.762. The summed E-state index contributed by atoms with van der Waals surface area (Å²) in [6.45, 7) is 0. The van der Waals surface area contributed by atoms with Gasteiger partial charge in [-0.3, -0.25) is 9.67 Å². The number of nitrogens with zero attached hydrogens (tertiary/aromatic N) is 2. The van der Waals surface area contributed by atoms with Crippen LogP contribution in [0.25, 0.3) is 0 Å². The summed E-state index contributed by atoms with van der Waals surface area (Å²) in [6, 6.07) is 4.26. The molecule has 2 heterocycles. The van der Waals surface area contributed by atoms with Gasteiger partial charge in [0, 0.05) is 25.1 Å². The average molecular weight is 215 g/mol. The molecule has 3 rings (SSSR count). The van der Waals surface area contributed by atoms with Crippen LogP contribution < -0.4 is 0 Å². The second-order valence-corrected chi connectivity index (χ2v) is 4.75. The Hall–Kier alpha value is -1.51. The first-order chi connectivity index (χ1) is 7.83. The van der Waals surface area contributed by atoms with E-state index >= 15 is 0 Å². The van der Waals surface area contributed by atoms with Crippen molar-refractivity contribution in [2.24, 2.45) is 13.0 Å². The van der Waals surface area contributed by atoms with Gasteiger partial charge in [-0.15, -0.1) is 0 Å². The van der Waals surface area contributed by atoms with Crippen LogP contribution in [0.5, 0.6) is 0 Å². The minimum absolute atomic E-state index is 0.762. The first kappa shape index (κ1) is 9.70. The second-order valence-electron chi connectivity index (χ2n) is 4.75.